The Hall–Kier alpha value is -1.90. The van der Waals surface area contributed by atoms with Crippen molar-refractivity contribution in [3.63, 3.8) is 0 Å². The molecule has 2 heterocycles. The molecule has 1 aliphatic heterocycles. The molecule has 0 aliphatic carbocycles. The van der Waals surface area contributed by atoms with Crippen LogP contribution in [0.3, 0.4) is 0 Å². The van der Waals surface area contributed by atoms with E-state index >= 15 is 0 Å². The van der Waals surface area contributed by atoms with E-state index in [0.717, 1.165) is 18.8 Å². The first-order valence-electron chi connectivity index (χ1n) is 8.19. The van der Waals surface area contributed by atoms with Gasteiger partial charge in [-0.25, -0.2) is 4.68 Å². The maximum Gasteiger partial charge on any atom is 0.282 e. The third kappa shape index (κ3) is 4.25. The quantitative estimate of drug-likeness (QED) is 0.787. The average molecular weight is 441 g/mol. The van der Waals surface area contributed by atoms with E-state index in [1.165, 1.54) is 4.68 Å². The van der Waals surface area contributed by atoms with Crippen LogP contribution in [0.25, 0.3) is 0 Å². The minimum Gasteiger partial charge on any atom is -0.367 e. The molecule has 0 spiro atoms. The van der Waals surface area contributed by atoms with E-state index in [0.29, 0.717) is 34.8 Å². The summed E-state index contributed by atoms with van der Waals surface area (Å²) in [5.74, 6) is -0.0945. The van der Waals surface area contributed by atoms with Gasteiger partial charge in [-0.3, -0.25) is 14.5 Å². The maximum atomic E-state index is 12.2. The van der Waals surface area contributed by atoms with Gasteiger partial charge >= 0.3 is 0 Å². The molecule has 3 rings (SSSR count). The van der Waals surface area contributed by atoms with Crippen molar-refractivity contribution in [3.05, 3.63) is 50.3 Å². The van der Waals surface area contributed by atoms with Crippen LogP contribution in [0.15, 0.2) is 39.7 Å². The fraction of sp³-hybridized carbons (Fsp3) is 0.353. The van der Waals surface area contributed by atoms with Crippen molar-refractivity contribution < 1.29 is 4.79 Å². The van der Waals surface area contributed by atoms with Crippen molar-refractivity contribution in [1.29, 1.82) is 0 Å². The Balaban J connectivity index is 1.56. The number of carbonyl (C=O) groups excluding carboxylic acids is 1. The summed E-state index contributed by atoms with van der Waals surface area (Å²) in [7, 11) is 1.62. The van der Waals surface area contributed by atoms with Crippen LogP contribution in [0.5, 0.6) is 0 Å². The zero-order valence-corrected chi connectivity index (χ0v) is 16.6. The Labute approximate surface area is 164 Å². The normalized spacial score (nSPS) is 15.1. The third-order valence-electron chi connectivity index (χ3n) is 4.29. The van der Waals surface area contributed by atoms with Gasteiger partial charge in [-0.05, 0) is 28.1 Å². The minimum absolute atomic E-state index is 0.0945. The van der Waals surface area contributed by atoms with E-state index in [1.807, 2.05) is 12.1 Å². The second-order valence-corrected chi connectivity index (χ2v) is 7.26. The Bertz CT molecular complexity index is 864. The third-order valence-corrected chi connectivity index (χ3v) is 5.36. The van der Waals surface area contributed by atoms with E-state index in [9.17, 15) is 9.59 Å². The number of nitrogens with zero attached hydrogens (tertiary/aromatic N) is 4. The largest absolute Gasteiger partial charge is 0.367 e. The standard InChI is InChI=1S/C17H19BrClN5O2/c1-22-17(26)16(18)14(10-20-22)24-8-6-23(7-9-24)11-15(25)21-13-5-3-2-4-12(13)19/h2-5,10H,6-9,11H2,1H3,(H,21,25). The van der Waals surface area contributed by atoms with Crippen molar-refractivity contribution in [3.8, 4) is 0 Å². The van der Waals surface area contributed by atoms with E-state index in [1.54, 1.807) is 25.4 Å². The Morgan fingerprint density at radius 2 is 1.96 bits per heavy atom. The SMILES string of the molecule is Cn1ncc(N2CCN(CC(=O)Nc3ccccc3Cl)CC2)c(Br)c1=O. The first kappa shape index (κ1) is 18.9. The van der Waals surface area contributed by atoms with Crippen LogP contribution in [0.2, 0.25) is 5.02 Å². The molecule has 138 valence electrons. The molecule has 1 amide bonds. The molecule has 1 N–H and O–H groups in total. The zero-order chi connectivity index (χ0) is 18.7. The molecule has 1 saturated heterocycles. The smallest absolute Gasteiger partial charge is 0.282 e. The first-order chi connectivity index (χ1) is 12.5. The summed E-state index contributed by atoms with van der Waals surface area (Å²) < 4.78 is 1.81. The fourth-order valence-corrected chi connectivity index (χ4v) is 3.62. The van der Waals surface area contributed by atoms with Gasteiger partial charge in [0.1, 0.15) is 4.47 Å². The summed E-state index contributed by atoms with van der Waals surface area (Å²) in [5.41, 5.74) is 1.24. The van der Waals surface area contributed by atoms with Gasteiger partial charge in [-0.15, -0.1) is 0 Å². The lowest BCUT2D eigenvalue weighted by Crippen LogP contribution is -2.49. The van der Waals surface area contributed by atoms with Crippen molar-refractivity contribution in [2.24, 2.45) is 7.05 Å². The van der Waals surface area contributed by atoms with Gasteiger partial charge in [0.05, 0.1) is 29.1 Å². The Morgan fingerprint density at radius 1 is 1.27 bits per heavy atom. The highest BCUT2D eigenvalue weighted by atomic mass is 79.9. The molecule has 1 aromatic carbocycles. The van der Waals surface area contributed by atoms with Crippen molar-refractivity contribution in [2.75, 3.05) is 42.9 Å². The van der Waals surface area contributed by atoms with Gasteiger partial charge in [0, 0.05) is 33.2 Å². The van der Waals surface area contributed by atoms with Gasteiger partial charge in [-0.1, -0.05) is 23.7 Å². The van der Waals surface area contributed by atoms with Crippen LogP contribution >= 0.6 is 27.5 Å². The number of anilines is 2. The number of hydrogen-bond donors (Lipinski definition) is 1. The average Bonchev–Trinajstić information content (AvgIpc) is 2.63. The molecular weight excluding hydrogens is 422 g/mol. The molecule has 0 bridgehead atoms. The molecule has 9 heteroatoms. The lowest BCUT2D eigenvalue weighted by molar-refractivity contribution is -0.117. The van der Waals surface area contributed by atoms with Crippen LogP contribution in [0.1, 0.15) is 0 Å². The molecule has 7 nitrogen and oxygen atoms in total. The van der Waals surface area contributed by atoms with Gasteiger partial charge in [0.25, 0.3) is 5.56 Å². The Morgan fingerprint density at radius 3 is 2.65 bits per heavy atom. The molecule has 0 unspecified atom stereocenters. The maximum absolute atomic E-state index is 12.2. The molecule has 0 radical (unpaired) electrons. The van der Waals surface area contributed by atoms with Crippen LogP contribution in [0, 0.1) is 0 Å². The number of hydrogen-bond acceptors (Lipinski definition) is 5. The number of aryl methyl sites for hydroxylation is 1. The molecule has 2 aromatic rings. The highest BCUT2D eigenvalue weighted by Gasteiger charge is 2.22. The summed E-state index contributed by atoms with van der Waals surface area (Å²) in [5, 5.41) is 7.44. The highest BCUT2D eigenvalue weighted by Crippen LogP contribution is 2.23. The van der Waals surface area contributed by atoms with E-state index in [2.05, 4.69) is 36.1 Å². The van der Waals surface area contributed by atoms with Gasteiger partial charge in [0.2, 0.25) is 5.91 Å². The van der Waals surface area contributed by atoms with Crippen LogP contribution in [-0.4, -0.2) is 53.3 Å². The van der Waals surface area contributed by atoms with E-state index in [4.69, 9.17) is 11.6 Å². The second-order valence-electron chi connectivity index (χ2n) is 6.06. The number of piperazine rings is 1. The highest BCUT2D eigenvalue weighted by molar-refractivity contribution is 9.10. The number of aromatic nitrogens is 2. The summed E-state index contributed by atoms with van der Waals surface area (Å²) in [6.45, 7) is 3.17. The zero-order valence-electron chi connectivity index (χ0n) is 14.3. The number of carbonyl (C=O) groups is 1. The summed E-state index contributed by atoms with van der Waals surface area (Å²) >= 11 is 9.42. The fourth-order valence-electron chi connectivity index (χ4n) is 2.82. The van der Waals surface area contributed by atoms with Gasteiger partial charge < -0.3 is 10.2 Å². The first-order valence-corrected chi connectivity index (χ1v) is 9.36. The van der Waals surface area contributed by atoms with Crippen molar-refractivity contribution in [1.82, 2.24) is 14.7 Å². The predicted molar refractivity (Wildman–Crippen MR) is 106 cm³/mol. The predicted octanol–water partition coefficient (Wildman–Crippen LogP) is 1.96. The molecule has 0 atom stereocenters. The van der Waals surface area contributed by atoms with E-state index < -0.39 is 0 Å². The van der Waals surface area contributed by atoms with Crippen molar-refractivity contribution in [2.45, 2.75) is 0 Å². The molecule has 1 aromatic heterocycles. The number of halogens is 2. The van der Waals surface area contributed by atoms with Crippen LogP contribution in [0.4, 0.5) is 11.4 Å². The summed E-state index contributed by atoms with van der Waals surface area (Å²) in [6, 6.07) is 7.17. The van der Waals surface area contributed by atoms with Crippen LogP contribution < -0.4 is 15.8 Å². The lowest BCUT2D eigenvalue weighted by Gasteiger charge is -2.35. The number of amides is 1. The van der Waals surface area contributed by atoms with E-state index in [-0.39, 0.29) is 11.5 Å². The monoisotopic (exact) mass is 439 g/mol. The summed E-state index contributed by atoms with van der Waals surface area (Å²) in [6.07, 6.45) is 1.69. The molecule has 1 fully saturated rings. The number of rotatable bonds is 4. The summed E-state index contributed by atoms with van der Waals surface area (Å²) in [4.78, 5) is 28.4. The molecular formula is C17H19BrClN5O2. The number of nitrogens with one attached hydrogen (secondary N) is 1. The number of benzene rings is 1. The Kier molecular flexibility index (Phi) is 5.95. The molecule has 0 saturated carbocycles. The number of para-hydroxylation sites is 1. The van der Waals surface area contributed by atoms with Gasteiger partial charge in [0.15, 0.2) is 0 Å². The van der Waals surface area contributed by atoms with Crippen molar-refractivity contribution >= 4 is 44.8 Å². The minimum atomic E-state index is -0.163. The molecule has 26 heavy (non-hydrogen) atoms. The molecule has 1 aliphatic rings. The lowest BCUT2D eigenvalue weighted by atomic mass is 10.2. The van der Waals surface area contributed by atoms with Crippen LogP contribution in [-0.2, 0) is 11.8 Å². The van der Waals surface area contributed by atoms with Gasteiger partial charge in [-0.2, -0.15) is 5.10 Å². The topological polar surface area (TPSA) is 70.5 Å². The second kappa shape index (κ2) is 8.20.